The molecule has 1 heterocycles. The molecular weight excluding hydrogens is 340 g/mol. The number of benzene rings is 1. The molecule has 1 aromatic carbocycles. The largest absolute Gasteiger partial charge is 0.383 e. The fraction of sp³-hybridized carbons (Fsp3) is 0.533. The van der Waals surface area contributed by atoms with Crippen molar-refractivity contribution in [2.75, 3.05) is 33.4 Å². The number of sulfonamides is 1. The highest BCUT2D eigenvalue weighted by molar-refractivity contribution is 7.90. The molecule has 1 aliphatic heterocycles. The number of hydrogen-bond donors (Lipinski definition) is 1. The third kappa shape index (κ3) is 4.91. The molecule has 1 aliphatic rings. The molecule has 0 radical (unpaired) electrons. The molecule has 128 valence electrons. The lowest BCUT2D eigenvalue weighted by atomic mass is 10.1. The molecule has 23 heavy (non-hydrogen) atoms. The van der Waals surface area contributed by atoms with Gasteiger partial charge >= 0.3 is 0 Å². The molecule has 0 unspecified atom stereocenters. The van der Waals surface area contributed by atoms with E-state index in [2.05, 4.69) is 4.72 Å². The summed E-state index contributed by atoms with van der Waals surface area (Å²) in [5, 5.41) is -0.116. The van der Waals surface area contributed by atoms with Gasteiger partial charge in [-0.15, -0.1) is 0 Å². The number of nitrogens with zero attached hydrogens (tertiary/aromatic N) is 1. The van der Waals surface area contributed by atoms with Crippen molar-refractivity contribution in [3.8, 4) is 0 Å². The third-order valence-corrected chi connectivity index (χ3v) is 5.89. The first-order valence-electron chi connectivity index (χ1n) is 7.46. The summed E-state index contributed by atoms with van der Waals surface area (Å²) in [6, 6.07) is 6.68. The van der Waals surface area contributed by atoms with Crippen LogP contribution in [-0.4, -0.2) is 57.8 Å². The van der Waals surface area contributed by atoms with E-state index in [1.807, 2.05) is 0 Å². The maximum Gasteiger partial charge on any atom is 0.253 e. The number of carbonyl (C=O) groups excluding carboxylic acids is 1. The molecule has 6 nitrogen and oxygen atoms in total. The molecular formula is C15H21ClN2O4S. The van der Waals surface area contributed by atoms with Crippen molar-refractivity contribution in [1.82, 2.24) is 9.62 Å². The Kier molecular flexibility index (Phi) is 6.41. The van der Waals surface area contributed by atoms with Crippen LogP contribution in [0.1, 0.15) is 23.2 Å². The Hall–Kier alpha value is -1.15. The van der Waals surface area contributed by atoms with Gasteiger partial charge < -0.3 is 9.64 Å². The van der Waals surface area contributed by atoms with Crippen LogP contribution in [0, 0.1) is 0 Å². The van der Waals surface area contributed by atoms with Crippen LogP contribution in [0.15, 0.2) is 24.3 Å². The first kappa shape index (κ1) is 18.2. The number of halogens is 1. The van der Waals surface area contributed by atoms with Gasteiger partial charge in [-0.2, -0.15) is 0 Å². The second-order valence-corrected chi connectivity index (χ2v) is 7.94. The van der Waals surface area contributed by atoms with Crippen LogP contribution in [-0.2, 0) is 14.8 Å². The van der Waals surface area contributed by atoms with Crippen LogP contribution in [0.3, 0.4) is 0 Å². The Bertz CT molecular complexity index is 651. The molecule has 1 saturated heterocycles. The number of likely N-dealkylation sites (tertiary alicyclic amines) is 1. The Morgan fingerprint density at radius 2 is 2.26 bits per heavy atom. The summed E-state index contributed by atoms with van der Waals surface area (Å²) in [6.07, 6.45) is 1.20. The van der Waals surface area contributed by atoms with E-state index in [-0.39, 0.29) is 19.0 Å². The maximum absolute atomic E-state index is 12.5. The second kappa shape index (κ2) is 8.10. The average molecular weight is 361 g/mol. The molecule has 0 spiro atoms. The number of amides is 1. The first-order chi connectivity index (χ1) is 10.9. The van der Waals surface area contributed by atoms with Gasteiger partial charge in [0.15, 0.2) is 0 Å². The second-order valence-electron chi connectivity index (χ2n) is 5.46. The van der Waals surface area contributed by atoms with Gasteiger partial charge in [0, 0.05) is 37.3 Å². The summed E-state index contributed by atoms with van der Waals surface area (Å²) in [6.45, 7) is 1.29. The fourth-order valence-corrected chi connectivity index (χ4v) is 4.23. The summed E-state index contributed by atoms with van der Waals surface area (Å²) >= 11 is 5.91. The van der Waals surface area contributed by atoms with Crippen LogP contribution in [0.4, 0.5) is 0 Å². The SMILES string of the molecule is COCCNS(=O)(=O)[C@@H]1CCCN(C(=O)c2cccc(Cl)c2)C1. The van der Waals surface area contributed by atoms with E-state index in [0.717, 1.165) is 0 Å². The van der Waals surface area contributed by atoms with Gasteiger partial charge in [-0.1, -0.05) is 17.7 Å². The molecule has 0 aliphatic carbocycles. The minimum Gasteiger partial charge on any atom is -0.383 e. The highest BCUT2D eigenvalue weighted by atomic mass is 35.5. The van der Waals surface area contributed by atoms with Gasteiger partial charge in [0.25, 0.3) is 5.91 Å². The van der Waals surface area contributed by atoms with E-state index in [1.165, 1.54) is 7.11 Å². The molecule has 2 rings (SSSR count). The van der Waals surface area contributed by atoms with Crippen LogP contribution >= 0.6 is 11.6 Å². The number of nitrogens with one attached hydrogen (secondary N) is 1. The predicted octanol–water partition coefficient (Wildman–Crippen LogP) is 1.51. The lowest BCUT2D eigenvalue weighted by Gasteiger charge is -2.32. The molecule has 8 heteroatoms. The van der Waals surface area contributed by atoms with Gasteiger partial charge in [0.1, 0.15) is 0 Å². The Morgan fingerprint density at radius 3 is 2.96 bits per heavy atom. The van der Waals surface area contributed by atoms with Crippen molar-refractivity contribution < 1.29 is 17.9 Å². The Morgan fingerprint density at radius 1 is 1.48 bits per heavy atom. The molecule has 0 bridgehead atoms. The van der Waals surface area contributed by atoms with Crippen molar-refractivity contribution in [3.05, 3.63) is 34.9 Å². The monoisotopic (exact) mass is 360 g/mol. The zero-order valence-corrected chi connectivity index (χ0v) is 14.6. The summed E-state index contributed by atoms with van der Waals surface area (Å²) < 4.78 is 32.0. The third-order valence-electron chi connectivity index (χ3n) is 3.79. The van der Waals surface area contributed by atoms with Gasteiger partial charge in [-0.05, 0) is 31.0 Å². The van der Waals surface area contributed by atoms with E-state index in [1.54, 1.807) is 29.2 Å². The summed E-state index contributed by atoms with van der Waals surface area (Å²) in [4.78, 5) is 14.1. The van der Waals surface area contributed by atoms with Gasteiger partial charge in [0.05, 0.1) is 11.9 Å². The molecule has 1 aromatic rings. The number of hydrogen-bond acceptors (Lipinski definition) is 4. The summed E-state index contributed by atoms with van der Waals surface area (Å²) in [7, 11) is -1.95. The van der Waals surface area contributed by atoms with E-state index >= 15 is 0 Å². The summed E-state index contributed by atoms with van der Waals surface area (Å²) in [5.41, 5.74) is 0.475. The van der Waals surface area contributed by atoms with Gasteiger partial charge in [-0.3, -0.25) is 4.79 Å². The van der Waals surface area contributed by atoms with Crippen molar-refractivity contribution in [1.29, 1.82) is 0 Å². The van der Waals surface area contributed by atoms with Crippen LogP contribution in [0.5, 0.6) is 0 Å². The highest BCUT2D eigenvalue weighted by Crippen LogP contribution is 2.20. The van der Waals surface area contributed by atoms with Gasteiger partial charge in [0.2, 0.25) is 10.0 Å². The topological polar surface area (TPSA) is 75.7 Å². The normalized spacial score (nSPS) is 18.9. The van der Waals surface area contributed by atoms with E-state index in [4.69, 9.17) is 16.3 Å². The van der Waals surface area contributed by atoms with E-state index < -0.39 is 15.3 Å². The average Bonchev–Trinajstić information content (AvgIpc) is 2.54. The van der Waals surface area contributed by atoms with Gasteiger partial charge in [-0.25, -0.2) is 13.1 Å². The predicted molar refractivity (Wildman–Crippen MR) is 89.2 cm³/mol. The first-order valence-corrected chi connectivity index (χ1v) is 9.38. The maximum atomic E-state index is 12.5. The smallest absolute Gasteiger partial charge is 0.253 e. The molecule has 0 aromatic heterocycles. The van der Waals surface area contributed by atoms with Crippen LogP contribution in [0.2, 0.25) is 5.02 Å². The Balaban J connectivity index is 2.04. The zero-order chi connectivity index (χ0) is 16.9. The minimum absolute atomic E-state index is 0.188. The molecule has 1 atom stereocenters. The summed E-state index contributed by atoms with van der Waals surface area (Å²) in [5.74, 6) is -0.190. The highest BCUT2D eigenvalue weighted by Gasteiger charge is 2.32. The quantitative estimate of drug-likeness (QED) is 0.780. The lowest BCUT2D eigenvalue weighted by Crippen LogP contribution is -2.48. The van der Waals surface area contributed by atoms with E-state index in [9.17, 15) is 13.2 Å². The number of ether oxygens (including phenoxy) is 1. The number of rotatable bonds is 6. The van der Waals surface area contributed by atoms with Crippen LogP contribution in [0.25, 0.3) is 0 Å². The molecule has 1 N–H and O–H groups in total. The van der Waals surface area contributed by atoms with Crippen molar-refractivity contribution in [3.63, 3.8) is 0 Å². The Labute approximate surface area is 141 Å². The van der Waals surface area contributed by atoms with Crippen LogP contribution < -0.4 is 4.72 Å². The molecule has 1 fully saturated rings. The van der Waals surface area contributed by atoms with E-state index in [0.29, 0.717) is 36.6 Å². The molecule has 1 amide bonds. The standard InChI is InChI=1S/C15H21ClN2O4S/c1-22-9-7-17-23(20,21)14-6-3-8-18(11-14)15(19)12-4-2-5-13(16)10-12/h2,4-5,10,14,17H,3,6-9,11H2,1H3/t14-/m1/s1. The number of piperidine rings is 1. The fourth-order valence-electron chi connectivity index (χ4n) is 2.58. The molecule has 0 saturated carbocycles. The van der Waals surface area contributed by atoms with Crippen molar-refractivity contribution >= 4 is 27.5 Å². The zero-order valence-electron chi connectivity index (χ0n) is 13.0. The van der Waals surface area contributed by atoms with Crippen molar-refractivity contribution in [2.24, 2.45) is 0 Å². The lowest BCUT2D eigenvalue weighted by molar-refractivity contribution is 0.0726. The number of carbonyl (C=O) groups is 1. The minimum atomic E-state index is -3.46. The van der Waals surface area contributed by atoms with Crippen molar-refractivity contribution in [2.45, 2.75) is 18.1 Å². The number of methoxy groups -OCH3 is 1.